The van der Waals surface area contributed by atoms with E-state index in [2.05, 4.69) is 28.4 Å². The van der Waals surface area contributed by atoms with Gasteiger partial charge in [0.25, 0.3) is 0 Å². The molecule has 0 aliphatic heterocycles. The highest BCUT2D eigenvalue weighted by Crippen LogP contribution is 2.37. The number of hydrogen-bond donors (Lipinski definition) is 0. The first-order chi connectivity index (χ1) is 14.2. The number of aromatic nitrogens is 2. The van der Waals surface area contributed by atoms with E-state index in [9.17, 15) is 10.1 Å². The van der Waals surface area contributed by atoms with Gasteiger partial charge in [0.15, 0.2) is 4.34 Å². The molecule has 1 aliphatic rings. The minimum atomic E-state index is 0.119. The molecule has 0 spiro atoms. The molecule has 4 rings (SSSR count). The predicted octanol–water partition coefficient (Wildman–Crippen LogP) is 5.27. The molecule has 29 heavy (non-hydrogen) atoms. The summed E-state index contributed by atoms with van der Waals surface area (Å²) in [5, 5.41) is 18.5. The summed E-state index contributed by atoms with van der Waals surface area (Å²) in [6.45, 7) is 1.88. The lowest BCUT2D eigenvalue weighted by Crippen LogP contribution is -2.32. The number of amides is 1. The number of benzene rings is 2. The molecular formula is C22H20N4OS2. The molecule has 1 aromatic heterocycles. The Labute approximate surface area is 178 Å². The molecule has 1 saturated carbocycles. The second kappa shape index (κ2) is 8.76. The molecule has 1 fully saturated rings. The molecule has 0 radical (unpaired) electrons. The van der Waals surface area contributed by atoms with Crippen molar-refractivity contribution >= 4 is 34.1 Å². The first kappa shape index (κ1) is 19.6. The van der Waals surface area contributed by atoms with Crippen LogP contribution in [0.5, 0.6) is 0 Å². The van der Waals surface area contributed by atoms with Gasteiger partial charge >= 0.3 is 0 Å². The molecule has 0 bridgehead atoms. The van der Waals surface area contributed by atoms with E-state index in [0.717, 1.165) is 34.1 Å². The van der Waals surface area contributed by atoms with E-state index >= 15 is 0 Å². The third-order valence-corrected chi connectivity index (χ3v) is 6.89. The molecule has 0 saturated heterocycles. The fourth-order valence-electron chi connectivity index (χ4n) is 3.09. The number of anilines is 1. The zero-order valence-corrected chi connectivity index (χ0v) is 17.7. The summed E-state index contributed by atoms with van der Waals surface area (Å²) in [5.41, 5.74) is 3.84. The molecule has 1 amide bonds. The Hall–Kier alpha value is -2.69. The minimum Gasteiger partial charge on any atom is -0.284 e. The molecule has 3 aromatic rings. The van der Waals surface area contributed by atoms with Crippen LogP contribution in [-0.4, -0.2) is 22.1 Å². The lowest BCUT2D eigenvalue weighted by atomic mass is 10.00. The third kappa shape index (κ3) is 4.50. The van der Waals surface area contributed by atoms with Crippen molar-refractivity contribution in [3.63, 3.8) is 0 Å². The average molecular weight is 421 g/mol. The Balaban J connectivity index is 1.42. The van der Waals surface area contributed by atoms with Crippen LogP contribution in [0.25, 0.3) is 11.1 Å². The highest BCUT2D eigenvalue weighted by Gasteiger charge is 2.35. The van der Waals surface area contributed by atoms with Crippen molar-refractivity contribution in [2.75, 3.05) is 4.90 Å². The summed E-state index contributed by atoms with van der Waals surface area (Å²) in [5.74, 6) is 0.897. The van der Waals surface area contributed by atoms with Crippen molar-refractivity contribution in [1.82, 2.24) is 10.2 Å². The molecule has 0 N–H and O–H groups in total. The maximum atomic E-state index is 12.2. The molecule has 5 nitrogen and oxygen atoms in total. The van der Waals surface area contributed by atoms with Gasteiger partial charge in [-0.3, -0.25) is 9.69 Å². The van der Waals surface area contributed by atoms with Crippen molar-refractivity contribution in [2.45, 2.75) is 42.3 Å². The highest BCUT2D eigenvalue weighted by atomic mass is 32.2. The van der Waals surface area contributed by atoms with Crippen LogP contribution in [0.4, 0.5) is 5.13 Å². The summed E-state index contributed by atoms with van der Waals surface area (Å²) < 4.78 is 0.869. The largest absolute Gasteiger partial charge is 0.284 e. The number of carbonyl (C=O) groups is 1. The zero-order chi connectivity index (χ0) is 20.2. The Morgan fingerprint density at radius 3 is 2.66 bits per heavy atom. The first-order valence-electron chi connectivity index (χ1n) is 9.56. The topological polar surface area (TPSA) is 69.9 Å². The fourth-order valence-corrected chi connectivity index (χ4v) is 4.97. The molecule has 146 valence electrons. The van der Waals surface area contributed by atoms with Crippen molar-refractivity contribution in [3.05, 3.63) is 59.7 Å². The van der Waals surface area contributed by atoms with Gasteiger partial charge in [-0.1, -0.05) is 72.5 Å². The van der Waals surface area contributed by atoms with E-state index in [4.69, 9.17) is 0 Å². The monoisotopic (exact) mass is 420 g/mol. The Bertz CT molecular complexity index is 1050. The lowest BCUT2D eigenvalue weighted by molar-refractivity contribution is -0.118. The number of rotatable bonds is 7. The zero-order valence-electron chi connectivity index (χ0n) is 16.0. The van der Waals surface area contributed by atoms with Crippen LogP contribution in [-0.2, 0) is 10.5 Å². The number of hydrogen-bond acceptors (Lipinski definition) is 6. The van der Waals surface area contributed by atoms with Gasteiger partial charge in [0, 0.05) is 18.2 Å². The Kier molecular flexibility index (Phi) is 5.93. The van der Waals surface area contributed by atoms with Crippen molar-refractivity contribution in [1.29, 1.82) is 5.26 Å². The summed E-state index contributed by atoms with van der Waals surface area (Å²) in [7, 11) is 0. The summed E-state index contributed by atoms with van der Waals surface area (Å²) in [6, 6.07) is 18.4. The Morgan fingerprint density at radius 1 is 1.21 bits per heavy atom. The lowest BCUT2D eigenvalue weighted by Gasteiger charge is -2.17. The van der Waals surface area contributed by atoms with Crippen LogP contribution in [0, 0.1) is 11.3 Å². The first-order valence-corrected chi connectivity index (χ1v) is 11.4. The van der Waals surface area contributed by atoms with Gasteiger partial charge in [0.1, 0.15) is 0 Å². The van der Waals surface area contributed by atoms with Gasteiger partial charge < -0.3 is 0 Å². The Morgan fingerprint density at radius 2 is 1.97 bits per heavy atom. The normalized spacial score (nSPS) is 13.1. The summed E-state index contributed by atoms with van der Waals surface area (Å²) in [4.78, 5) is 14.0. The number of thioether (sulfide) groups is 1. The van der Waals surface area contributed by atoms with E-state index in [1.165, 1.54) is 16.9 Å². The molecule has 7 heteroatoms. The van der Waals surface area contributed by atoms with Crippen molar-refractivity contribution < 1.29 is 4.79 Å². The van der Waals surface area contributed by atoms with E-state index in [1.807, 2.05) is 48.2 Å². The van der Waals surface area contributed by atoms with Crippen molar-refractivity contribution in [3.8, 4) is 17.2 Å². The van der Waals surface area contributed by atoms with Gasteiger partial charge in [-0.15, -0.1) is 10.2 Å². The maximum absolute atomic E-state index is 12.2. The van der Waals surface area contributed by atoms with Gasteiger partial charge in [0.2, 0.25) is 11.0 Å². The SMILES string of the molecule is CCC(=O)N(c1nnc(SCc2ccc(-c3ccccc3C#N)cc2)s1)C1CC1. The summed E-state index contributed by atoms with van der Waals surface area (Å²) in [6.07, 6.45) is 2.59. The molecular weight excluding hydrogens is 400 g/mol. The van der Waals surface area contributed by atoms with E-state index < -0.39 is 0 Å². The third-order valence-electron chi connectivity index (χ3n) is 4.76. The van der Waals surface area contributed by atoms with Crippen LogP contribution >= 0.6 is 23.1 Å². The number of nitriles is 1. The second-order valence-electron chi connectivity index (χ2n) is 6.84. The predicted molar refractivity (Wildman–Crippen MR) is 117 cm³/mol. The molecule has 1 heterocycles. The van der Waals surface area contributed by atoms with Gasteiger partial charge in [-0.2, -0.15) is 5.26 Å². The standard InChI is InChI=1S/C22H20N4OS2/c1-2-20(27)26(18-11-12-18)21-24-25-22(29-21)28-14-15-7-9-16(10-8-15)19-6-4-3-5-17(19)13-23/h3-10,18H,2,11-12,14H2,1H3. The van der Waals surface area contributed by atoms with Crippen molar-refractivity contribution in [2.24, 2.45) is 0 Å². The molecule has 2 aromatic carbocycles. The quantitative estimate of drug-likeness (QED) is 0.384. The van der Waals surface area contributed by atoms with Crippen LogP contribution in [0.1, 0.15) is 37.3 Å². The van der Waals surface area contributed by atoms with E-state index in [0.29, 0.717) is 23.2 Å². The molecule has 0 atom stereocenters. The fraction of sp³-hybridized carbons (Fsp3) is 0.273. The summed E-state index contributed by atoms with van der Waals surface area (Å²) >= 11 is 3.11. The van der Waals surface area contributed by atoms with Gasteiger partial charge in [-0.05, 0) is 35.6 Å². The number of nitrogens with zero attached hydrogens (tertiary/aromatic N) is 4. The highest BCUT2D eigenvalue weighted by molar-refractivity contribution is 8.00. The van der Waals surface area contributed by atoms with Crippen LogP contribution in [0.2, 0.25) is 0 Å². The minimum absolute atomic E-state index is 0.119. The molecule has 1 aliphatic carbocycles. The smallest absolute Gasteiger partial charge is 0.228 e. The maximum Gasteiger partial charge on any atom is 0.228 e. The van der Waals surface area contributed by atoms with Gasteiger partial charge in [-0.25, -0.2) is 0 Å². The number of carbonyl (C=O) groups excluding carboxylic acids is 1. The van der Waals surface area contributed by atoms with Crippen LogP contribution in [0.3, 0.4) is 0 Å². The second-order valence-corrected chi connectivity index (χ2v) is 9.02. The average Bonchev–Trinajstić information content (AvgIpc) is 3.49. The van der Waals surface area contributed by atoms with Gasteiger partial charge in [0.05, 0.1) is 11.6 Å². The molecule has 0 unspecified atom stereocenters. The van der Waals surface area contributed by atoms with E-state index in [1.54, 1.807) is 11.8 Å². The van der Waals surface area contributed by atoms with E-state index in [-0.39, 0.29) is 5.91 Å². The van der Waals surface area contributed by atoms with Crippen LogP contribution < -0.4 is 4.90 Å². The van der Waals surface area contributed by atoms with Crippen LogP contribution in [0.15, 0.2) is 52.9 Å².